The van der Waals surface area contributed by atoms with Crippen molar-refractivity contribution in [2.45, 2.75) is 4.90 Å². The van der Waals surface area contributed by atoms with E-state index in [0.717, 1.165) is 0 Å². The van der Waals surface area contributed by atoms with Crippen LogP contribution in [0.25, 0.3) is 0 Å². The van der Waals surface area contributed by atoms with Gasteiger partial charge in [-0.2, -0.15) is 5.26 Å². The van der Waals surface area contributed by atoms with Crippen molar-refractivity contribution in [3.8, 4) is 6.19 Å². The molecule has 0 aromatic heterocycles. The molecule has 2 aromatic rings. The van der Waals surface area contributed by atoms with Gasteiger partial charge < -0.3 is 5.21 Å². The molecule has 0 amide bonds. The molecule has 0 saturated carbocycles. The SMILES string of the molecule is N#CN=[N+]([O-])c1ccc(S(=O)(=O)Nc2ccccc2)cc1. The van der Waals surface area contributed by atoms with Crippen molar-refractivity contribution in [3.05, 3.63) is 59.8 Å². The van der Waals surface area contributed by atoms with E-state index in [1.165, 1.54) is 30.5 Å². The number of azo groups is 1. The lowest BCUT2D eigenvalue weighted by molar-refractivity contribution is -0.435. The van der Waals surface area contributed by atoms with E-state index in [1.807, 2.05) is 0 Å². The summed E-state index contributed by atoms with van der Waals surface area (Å²) >= 11 is 0. The minimum Gasteiger partial charge on any atom is -0.593 e. The molecule has 21 heavy (non-hydrogen) atoms. The molecule has 0 atom stereocenters. The van der Waals surface area contributed by atoms with Gasteiger partial charge in [-0.1, -0.05) is 18.2 Å². The number of nitrogens with zero attached hydrogens (tertiary/aromatic N) is 3. The van der Waals surface area contributed by atoms with E-state index in [9.17, 15) is 13.6 Å². The van der Waals surface area contributed by atoms with E-state index in [4.69, 9.17) is 5.26 Å². The van der Waals surface area contributed by atoms with Crippen LogP contribution in [0.5, 0.6) is 0 Å². The number of sulfonamides is 1. The minimum absolute atomic E-state index is 0.000427. The molecule has 1 N–H and O–H groups in total. The third-order valence-electron chi connectivity index (χ3n) is 2.53. The molecule has 0 aliphatic rings. The predicted octanol–water partition coefficient (Wildman–Crippen LogP) is 2.56. The molecule has 2 aromatic carbocycles. The number of anilines is 1. The van der Waals surface area contributed by atoms with Crippen molar-refractivity contribution < 1.29 is 13.3 Å². The number of hydrogen-bond donors (Lipinski definition) is 1. The smallest absolute Gasteiger partial charge is 0.274 e. The Kier molecular flexibility index (Phi) is 4.15. The highest BCUT2D eigenvalue weighted by atomic mass is 32.2. The number of para-hydroxylation sites is 1. The summed E-state index contributed by atoms with van der Waals surface area (Å²) in [6.45, 7) is 0. The molecule has 0 saturated heterocycles. The summed E-state index contributed by atoms with van der Waals surface area (Å²) in [7, 11) is -3.73. The van der Waals surface area contributed by atoms with Gasteiger partial charge in [-0.25, -0.2) is 8.42 Å². The van der Waals surface area contributed by atoms with Crippen LogP contribution < -0.4 is 4.72 Å². The van der Waals surface area contributed by atoms with Crippen molar-refractivity contribution >= 4 is 21.4 Å². The molecule has 0 fully saturated rings. The van der Waals surface area contributed by atoms with E-state index in [-0.39, 0.29) is 15.4 Å². The van der Waals surface area contributed by atoms with Crippen molar-refractivity contribution in [2.75, 3.05) is 4.72 Å². The van der Waals surface area contributed by atoms with Crippen LogP contribution in [-0.2, 0) is 10.0 Å². The maximum absolute atomic E-state index is 12.1. The molecular weight excluding hydrogens is 292 g/mol. The molecule has 106 valence electrons. The third kappa shape index (κ3) is 3.55. The summed E-state index contributed by atoms with van der Waals surface area (Å²) < 4.78 is 26.7. The Hall–Kier alpha value is -2.92. The Labute approximate surface area is 121 Å². The number of nitrogens with one attached hydrogen (secondary N) is 1. The summed E-state index contributed by atoms with van der Waals surface area (Å²) in [6.07, 6.45) is 1.35. The number of hydrogen-bond acceptors (Lipinski definition) is 5. The zero-order valence-electron chi connectivity index (χ0n) is 10.7. The van der Waals surface area contributed by atoms with E-state index >= 15 is 0 Å². The molecule has 0 bridgehead atoms. The zero-order valence-corrected chi connectivity index (χ0v) is 11.5. The molecule has 8 heteroatoms. The van der Waals surface area contributed by atoms with Gasteiger partial charge in [-0.3, -0.25) is 4.72 Å². The quantitative estimate of drug-likeness (QED) is 0.405. The van der Waals surface area contributed by atoms with Crippen molar-refractivity contribution in [3.63, 3.8) is 0 Å². The van der Waals surface area contributed by atoms with Gasteiger partial charge in [0.1, 0.15) is 0 Å². The van der Waals surface area contributed by atoms with Crippen molar-refractivity contribution in [1.82, 2.24) is 0 Å². The van der Waals surface area contributed by atoms with Gasteiger partial charge in [0.25, 0.3) is 16.2 Å². The molecule has 7 nitrogen and oxygen atoms in total. The average molecular weight is 302 g/mol. The number of nitriles is 1. The van der Waals surface area contributed by atoms with E-state index in [2.05, 4.69) is 9.84 Å². The fraction of sp³-hybridized carbons (Fsp3) is 0. The lowest BCUT2D eigenvalue weighted by atomic mass is 10.3. The topological polar surface area (TPSA) is 108 Å². The van der Waals surface area contributed by atoms with Gasteiger partial charge in [0.15, 0.2) is 0 Å². The van der Waals surface area contributed by atoms with Crippen LogP contribution >= 0.6 is 0 Å². The van der Waals surface area contributed by atoms with Gasteiger partial charge in [0, 0.05) is 17.8 Å². The highest BCUT2D eigenvalue weighted by Gasteiger charge is 2.15. The second-order valence-electron chi connectivity index (χ2n) is 3.94. The lowest BCUT2D eigenvalue weighted by Crippen LogP contribution is -2.12. The minimum atomic E-state index is -3.73. The van der Waals surface area contributed by atoms with E-state index < -0.39 is 10.0 Å². The second-order valence-corrected chi connectivity index (χ2v) is 5.62. The van der Waals surface area contributed by atoms with Gasteiger partial charge in [-0.05, 0) is 29.1 Å². The van der Waals surface area contributed by atoms with Gasteiger partial charge in [0.2, 0.25) is 5.69 Å². The molecule has 0 radical (unpaired) electrons. The average Bonchev–Trinajstić information content (AvgIpc) is 2.48. The summed E-state index contributed by atoms with van der Waals surface area (Å²) in [5.74, 6) is 0. The fourth-order valence-corrected chi connectivity index (χ4v) is 2.63. The van der Waals surface area contributed by atoms with Crippen LogP contribution in [0, 0.1) is 16.7 Å². The molecule has 0 aliphatic heterocycles. The molecule has 0 heterocycles. The first kappa shape index (κ1) is 14.5. The van der Waals surface area contributed by atoms with E-state index in [1.54, 1.807) is 30.3 Å². The fourth-order valence-electron chi connectivity index (χ4n) is 1.57. The maximum atomic E-state index is 12.1. The summed E-state index contributed by atoms with van der Waals surface area (Å²) in [4.78, 5) is 0.113. The molecule has 0 unspecified atom stereocenters. The highest BCUT2D eigenvalue weighted by Crippen LogP contribution is 2.19. The van der Waals surface area contributed by atoms with E-state index in [0.29, 0.717) is 5.69 Å². The largest absolute Gasteiger partial charge is 0.593 e. The Morgan fingerprint density at radius 2 is 1.71 bits per heavy atom. The van der Waals surface area contributed by atoms with Crippen LogP contribution in [0.2, 0.25) is 0 Å². The Balaban J connectivity index is 2.26. The van der Waals surface area contributed by atoms with Crippen LogP contribution in [0.1, 0.15) is 0 Å². The number of benzene rings is 2. The Morgan fingerprint density at radius 1 is 1.10 bits per heavy atom. The van der Waals surface area contributed by atoms with Gasteiger partial charge >= 0.3 is 0 Å². The standard InChI is InChI=1S/C13H10N4O3S/c14-10-15-17(18)12-6-8-13(9-7-12)21(19,20)16-11-4-2-1-3-5-11/h1-9,16H. The van der Waals surface area contributed by atoms with Crippen LogP contribution in [0.3, 0.4) is 0 Å². The summed E-state index contributed by atoms with van der Waals surface area (Å²) in [5.41, 5.74) is 0.502. The van der Waals surface area contributed by atoms with Crippen molar-refractivity contribution in [1.29, 1.82) is 5.26 Å². The molecule has 0 spiro atoms. The normalized spacial score (nSPS) is 11.7. The second kappa shape index (κ2) is 6.02. The Bertz CT molecular complexity index is 794. The van der Waals surface area contributed by atoms with Crippen LogP contribution in [-0.4, -0.2) is 13.3 Å². The van der Waals surface area contributed by atoms with Crippen LogP contribution in [0.4, 0.5) is 11.4 Å². The molecule has 2 rings (SSSR count). The monoisotopic (exact) mass is 302 g/mol. The summed E-state index contributed by atoms with van der Waals surface area (Å²) in [6, 6.07) is 13.5. The van der Waals surface area contributed by atoms with Crippen LogP contribution in [0.15, 0.2) is 64.6 Å². The first-order valence-electron chi connectivity index (χ1n) is 5.78. The lowest BCUT2D eigenvalue weighted by Gasteiger charge is -2.07. The van der Waals surface area contributed by atoms with Gasteiger partial charge in [-0.15, -0.1) is 0 Å². The first-order chi connectivity index (χ1) is 10.0. The molecular formula is C13H10N4O3S. The zero-order chi connectivity index (χ0) is 15.3. The van der Waals surface area contributed by atoms with Crippen molar-refractivity contribution in [2.24, 2.45) is 5.11 Å². The highest BCUT2D eigenvalue weighted by molar-refractivity contribution is 7.92. The van der Waals surface area contributed by atoms with Gasteiger partial charge in [0.05, 0.1) is 10.0 Å². The summed E-state index contributed by atoms with van der Waals surface area (Å²) in [5, 5.41) is 22.5. The number of rotatable bonds is 4. The predicted molar refractivity (Wildman–Crippen MR) is 75.0 cm³/mol. The molecule has 0 aliphatic carbocycles. The first-order valence-corrected chi connectivity index (χ1v) is 7.26. The maximum Gasteiger partial charge on any atom is 0.274 e. The Morgan fingerprint density at radius 3 is 2.29 bits per heavy atom. The third-order valence-corrected chi connectivity index (χ3v) is 3.93.